The van der Waals surface area contributed by atoms with Crippen LogP contribution >= 0.6 is 0 Å². The molecule has 0 unspecified atom stereocenters. The summed E-state index contributed by atoms with van der Waals surface area (Å²) >= 11 is 0. The van der Waals surface area contributed by atoms with Gasteiger partial charge in [0.2, 0.25) is 5.91 Å². The highest BCUT2D eigenvalue weighted by Gasteiger charge is 2.50. The Morgan fingerprint density at radius 3 is 2.83 bits per heavy atom. The van der Waals surface area contributed by atoms with Gasteiger partial charge in [0.05, 0.1) is 5.92 Å². The number of ketones is 1. The number of rotatable bonds is 1. The van der Waals surface area contributed by atoms with Gasteiger partial charge in [0.25, 0.3) is 0 Å². The summed E-state index contributed by atoms with van der Waals surface area (Å²) in [5.41, 5.74) is 3.39. The molecule has 126 valence electrons. The Kier molecular flexibility index (Phi) is 3.63. The number of benzene rings is 1. The van der Waals surface area contributed by atoms with Crippen molar-refractivity contribution in [3.05, 3.63) is 42.0 Å². The maximum absolute atomic E-state index is 12.9. The quantitative estimate of drug-likeness (QED) is 0.790. The third-order valence-electron chi connectivity index (χ3n) is 6.60. The summed E-state index contributed by atoms with van der Waals surface area (Å²) in [5, 5.41) is 3.01. The first-order valence-electron chi connectivity index (χ1n) is 9.07. The van der Waals surface area contributed by atoms with E-state index >= 15 is 0 Å². The van der Waals surface area contributed by atoms with Crippen LogP contribution in [0.5, 0.6) is 0 Å². The highest BCUT2D eigenvalue weighted by atomic mass is 16.2. The van der Waals surface area contributed by atoms with Gasteiger partial charge < -0.3 is 5.32 Å². The number of carbonyl (C=O) groups excluding carboxylic acids is 2. The van der Waals surface area contributed by atoms with Crippen LogP contribution in [0, 0.1) is 23.2 Å². The van der Waals surface area contributed by atoms with Crippen LogP contribution in [-0.2, 0) is 16.0 Å². The monoisotopic (exact) mass is 323 g/mol. The molecule has 0 radical (unpaired) electrons. The van der Waals surface area contributed by atoms with Crippen LogP contribution in [0.4, 0.5) is 5.69 Å². The average Bonchev–Trinajstić information content (AvgIpc) is 2.54. The van der Waals surface area contributed by atoms with E-state index in [0.717, 1.165) is 36.9 Å². The van der Waals surface area contributed by atoms with Gasteiger partial charge in [-0.2, -0.15) is 0 Å². The molecule has 1 heterocycles. The molecule has 2 aliphatic carbocycles. The Hall–Kier alpha value is -1.90. The van der Waals surface area contributed by atoms with Crippen LogP contribution in [0.15, 0.2) is 36.4 Å². The zero-order valence-electron chi connectivity index (χ0n) is 14.3. The zero-order chi connectivity index (χ0) is 16.9. The van der Waals surface area contributed by atoms with Gasteiger partial charge in [0.15, 0.2) is 0 Å². The number of allylic oxidation sites excluding steroid dienone is 1. The smallest absolute Gasteiger partial charge is 0.228 e. The predicted octanol–water partition coefficient (Wildman–Crippen LogP) is 4.14. The number of Topliss-reactive ketones (excluding diaryl/α,β-unsaturated/α-hetero) is 1. The first kappa shape index (κ1) is 15.6. The van der Waals surface area contributed by atoms with Crippen LogP contribution in [0.3, 0.4) is 0 Å². The maximum Gasteiger partial charge on any atom is 0.228 e. The molecule has 4 atom stereocenters. The minimum atomic E-state index is -0.230. The maximum atomic E-state index is 12.9. The fourth-order valence-corrected chi connectivity index (χ4v) is 5.23. The topological polar surface area (TPSA) is 46.2 Å². The lowest BCUT2D eigenvalue weighted by molar-refractivity contribution is -0.138. The van der Waals surface area contributed by atoms with Crippen molar-refractivity contribution in [1.82, 2.24) is 0 Å². The van der Waals surface area contributed by atoms with Gasteiger partial charge in [0, 0.05) is 18.0 Å². The lowest BCUT2D eigenvalue weighted by Gasteiger charge is -2.49. The minimum Gasteiger partial charge on any atom is -0.326 e. The Morgan fingerprint density at radius 1 is 1.21 bits per heavy atom. The first-order valence-corrected chi connectivity index (χ1v) is 9.07. The number of hydrogen-bond donors (Lipinski definition) is 1. The molecule has 1 N–H and O–H groups in total. The van der Waals surface area contributed by atoms with E-state index in [0.29, 0.717) is 18.8 Å². The normalized spacial score (nSPS) is 35.9. The molecule has 0 spiro atoms. The Bertz CT molecular complexity index is 722. The molecule has 2 saturated carbocycles. The van der Waals surface area contributed by atoms with Crippen molar-refractivity contribution in [1.29, 1.82) is 0 Å². The molecule has 3 nitrogen and oxygen atoms in total. The number of fused-ring (bicyclic) bond motifs is 2. The lowest BCUT2D eigenvalue weighted by atomic mass is 9.55. The Labute approximate surface area is 143 Å². The number of carbonyl (C=O) groups is 2. The van der Waals surface area contributed by atoms with Gasteiger partial charge in [-0.25, -0.2) is 0 Å². The van der Waals surface area contributed by atoms with Crippen molar-refractivity contribution in [2.24, 2.45) is 23.2 Å². The molecule has 0 saturated heterocycles. The Morgan fingerprint density at radius 2 is 2.00 bits per heavy atom. The van der Waals surface area contributed by atoms with Gasteiger partial charge in [-0.05, 0) is 55.1 Å². The number of nitrogens with one attached hydrogen (secondary N) is 1. The molecule has 0 aromatic heterocycles. The third-order valence-corrected chi connectivity index (χ3v) is 6.60. The van der Waals surface area contributed by atoms with E-state index < -0.39 is 0 Å². The molecule has 1 aliphatic heterocycles. The number of hydrogen-bond acceptors (Lipinski definition) is 2. The van der Waals surface area contributed by atoms with Crippen LogP contribution in [0.1, 0.15) is 44.6 Å². The molecule has 3 aliphatic rings. The van der Waals surface area contributed by atoms with Gasteiger partial charge in [0.1, 0.15) is 5.78 Å². The van der Waals surface area contributed by atoms with E-state index in [9.17, 15) is 9.59 Å². The largest absolute Gasteiger partial charge is 0.326 e. The van der Waals surface area contributed by atoms with Crippen molar-refractivity contribution in [2.45, 2.75) is 45.4 Å². The molecule has 1 aromatic rings. The molecule has 4 rings (SSSR count). The second-order valence-corrected chi connectivity index (χ2v) is 8.16. The van der Waals surface area contributed by atoms with Crippen LogP contribution in [0.25, 0.3) is 0 Å². The van der Waals surface area contributed by atoms with Crippen molar-refractivity contribution < 1.29 is 9.59 Å². The summed E-state index contributed by atoms with van der Waals surface area (Å²) in [5.74, 6) is 0.289. The van der Waals surface area contributed by atoms with Crippen molar-refractivity contribution in [3.63, 3.8) is 0 Å². The van der Waals surface area contributed by atoms with E-state index in [1.807, 2.05) is 18.2 Å². The van der Waals surface area contributed by atoms with Crippen LogP contribution < -0.4 is 5.32 Å². The van der Waals surface area contributed by atoms with Gasteiger partial charge in [-0.15, -0.1) is 0 Å². The fourth-order valence-electron chi connectivity index (χ4n) is 5.23. The molecule has 3 heteroatoms. The van der Waals surface area contributed by atoms with Crippen LogP contribution in [0.2, 0.25) is 0 Å². The molecule has 24 heavy (non-hydrogen) atoms. The standard InChI is InChI=1S/C21H25NO2/c1-13-6-5-9-21(2)12-19(23)15(11-17(13)21)16-10-14-7-3-4-8-18(14)22-20(16)24/h3-4,7-8,15-17H,1,5-6,9-12H2,2H3,(H,22,24)/t15-,16+,17+,21-/m1/s1. The minimum absolute atomic E-state index is 0.0112. The summed E-state index contributed by atoms with van der Waals surface area (Å²) in [4.78, 5) is 25.5. The van der Waals surface area contributed by atoms with Gasteiger partial charge in [-0.1, -0.05) is 37.3 Å². The molecular weight excluding hydrogens is 298 g/mol. The highest BCUT2D eigenvalue weighted by molar-refractivity contribution is 5.99. The first-order chi connectivity index (χ1) is 11.5. The summed E-state index contributed by atoms with van der Waals surface area (Å²) < 4.78 is 0. The second-order valence-electron chi connectivity index (χ2n) is 8.16. The molecule has 1 aromatic carbocycles. The van der Waals surface area contributed by atoms with E-state index in [1.165, 1.54) is 5.57 Å². The lowest BCUT2D eigenvalue weighted by Crippen LogP contribution is -2.48. The SMILES string of the molecule is C=C1CCC[C@]2(C)CC(=O)[C@@H]([C@@H]3Cc4ccccc4NC3=O)C[C@@H]12. The van der Waals surface area contributed by atoms with E-state index in [-0.39, 0.29) is 28.9 Å². The van der Waals surface area contributed by atoms with Crippen molar-refractivity contribution in [3.8, 4) is 0 Å². The summed E-state index contributed by atoms with van der Waals surface area (Å²) in [6.07, 6.45) is 5.40. The Balaban J connectivity index is 1.61. The summed E-state index contributed by atoms with van der Waals surface area (Å²) in [7, 11) is 0. The zero-order valence-corrected chi connectivity index (χ0v) is 14.3. The van der Waals surface area contributed by atoms with E-state index in [2.05, 4.69) is 24.9 Å². The van der Waals surface area contributed by atoms with E-state index in [1.54, 1.807) is 0 Å². The van der Waals surface area contributed by atoms with Gasteiger partial charge in [-0.3, -0.25) is 9.59 Å². The predicted molar refractivity (Wildman–Crippen MR) is 94.6 cm³/mol. The van der Waals surface area contributed by atoms with E-state index in [4.69, 9.17) is 0 Å². The van der Waals surface area contributed by atoms with Gasteiger partial charge >= 0.3 is 0 Å². The number of para-hydroxylation sites is 1. The third kappa shape index (κ3) is 2.42. The number of amides is 1. The molecular formula is C21H25NO2. The summed E-state index contributed by atoms with van der Waals surface area (Å²) in [6, 6.07) is 7.92. The highest BCUT2D eigenvalue weighted by Crippen LogP contribution is 2.53. The number of anilines is 1. The summed E-state index contributed by atoms with van der Waals surface area (Å²) in [6.45, 7) is 6.53. The van der Waals surface area contributed by atoms with Crippen molar-refractivity contribution >= 4 is 17.4 Å². The molecule has 2 fully saturated rings. The van der Waals surface area contributed by atoms with Crippen molar-refractivity contribution in [2.75, 3.05) is 5.32 Å². The molecule has 1 amide bonds. The van der Waals surface area contributed by atoms with Crippen LogP contribution in [-0.4, -0.2) is 11.7 Å². The molecule has 0 bridgehead atoms. The fraction of sp³-hybridized carbons (Fsp3) is 0.524. The second kappa shape index (κ2) is 5.58. The average molecular weight is 323 g/mol.